The molecule has 0 aromatic carbocycles. The molecule has 0 aromatic heterocycles. The van der Waals surface area contributed by atoms with Crippen molar-refractivity contribution in [2.45, 2.75) is 32.6 Å². The summed E-state index contributed by atoms with van der Waals surface area (Å²) in [5.74, 6) is 0. The third-order valence-corrected chi connectivity index (χ3v) is 4.66. The monoisotopic (exact) mass is 560 g/mol. The lowest BCUT2D eigenvalue weighted by atomic mass is 10.2. The summed E-state index contributed by atoms with van der Waals surface area (Å²) >= 11 is 3.30. The lowest BCUT2D eigenvalue weighted by Gasteiger charge is -2.08. The van der Waals surface area contributed by atoms with Crippen LogP contribution in [-0.4, -0.2) is 124 Å². The van der Waals surface area contributed by atoms with E-state index in [2.05, 4.69) is 22.9 Å². The zero-order valence-corrected chi connectivity index (χ0v) is 22.9. The van der Waals surface area contributed by atoms with Crippen molar-refractivity contribution in [3.63, 3.8) is 0 Å². The number of ether oxygens (including phenoxy) is 9. The van der Waals surface area contributed by atoms with Crippen molar-refractivity contribution < 1.29 is 42.6 Å². The smallest absolute Gasteiger partial charge is 0.0701 e. The molecule has 0 rings (SSSR count). The number of hydrogen-bond donors (Lipinski definition) is 0. The van der Waals surface area contributed by atoms with Gasteiger partial charge < -0.3 is 42.6 Å². The van der Waals surface area contributed by atoms with Gasteiger partial charge >= 0.3 is 0 Å². The molecule has 0 spiro atoms. The van der Waals surface area contributed by atoms with Gasteiger partial charge in [0.1, 0.15) is 0 Å². The second kappa shape index (κ2) is 33.1. The maximum Gasteiger partial charge on any atom is 0.0701 e. The van der Waals surface area contributed by atoms with Gasteiger partial charge in [-0.05, 0) is 6.42 Å². The molecule has 0 atom stereocenters. The molecule has 0 N–H and O–H groups in total. The van der Waals surface area contributed by atoms with E-state index < -0.39 is 0 Å². The molecule has 206 valence electrons. The number of alkyl halides is 1. The standard InChI is InChI=1S/C24H49BrO9/c1-2-3-4-5-7-26-9-11-28-13-15-30-17-19-32-21-23-34-24-22-33-20-18-31-16-14-29-12-10-27-8-6-25/h2-24H2,1H3. The van der Waals surface area contributed by atoms with Crippen LogP contribution in [0.1, 0.15) is 32.6 Å². The molecule has 34 heavy (non-hydrogen) atoms. The van der Waals surface area contributed by atoms with Gasteiger partial charge in [-0.3, -0.25) is 0 Å². The first kappa shape index (κ1) is 34.1. The highest BCUT2D eigenvalue weighted by molar-refractivity contribution is 9.09. The first-order valence-electron chi connectivity index (χ1n) is 12.7. The van der Waals surface area contributed by atoms with Crippen LogP contribution in [0.3, 0.4) is 0 Å². The van der Waals surface area contributed by atoms with E-state index in [1.807, 2.05) is 0 Å². The van der Waals surface area contributed by atoms with Crippen LogP contribution in [0.5, 0.6) is 0 Å². The summed E-state index contributed by atoms with van der Waals surface area (Å²) in [7, 11) is 0. The van der Waals surface area contributed by atoms with Gasteiger partial charge in [-0.1, -0.05) is 42.1 Å². The first-order chi connectivity index (χ1) is 16.9. The molecular weight excluding hydrogens is 512 g/mol. The number of hydrogen-bond acceptors (Lipinski definition) is 9. The molecular formula is C24H49BrO9. The molecule has 0 aliphatic rings. The van der Waals surface area contributed by atoms with E-state index in [4.69, 9.17) is 42.6 Å². The molecule has 10 heteroatoms. The summed E-state index contributed by atoms with van der Waals surface area (Å²) in [5.41, 5.74) is 0. The minimum absolute atomic E-state index is 0.539. The molecule has 0 heterocycles. The topological polar surface area (TPSA) is 83.1 Å². The van der Waals surface area contributed by atoms with Crippen molar-refractivity contribution in [2.75, 3.05) is 124 Å². The molecule has 0 aliphatic carbocycles. The largest absolute Gasteiger partial charge is 0.379 e. The molecule has 0 bridgehead atoms. The lowest BCUT2D eigenvalue weighted by molar-refractivity contribution is -0.0248. The second-order valence-electron chi connectivity index (χ2n) is 7.26. The quantitative estimate of drug-likeness (QED) is 0.0937. The Balaban J connectivity index is 2.99. The highest BCUT2D eigenvalue weighted by Crippen LogP contribution is 1.98. The van der Waals surface area contributed by atoms with Crippen LogP contribution in [0, 0.1) is 0 Å². The first-order valence-corrected chi connectivity index (χ1v) is 13.8. The van der Waals surface area contributed by atoms with Crippen molar-refractivity contribution in [1.29, 1.82) is 0 Å². The number of rotatable bonds is 31. The van der Waals surface area contributed by atoms with Crippen molar-refractivity contribution in [2.24, 2.45) is 0 Å². The summed E-state index contributed by atoms with van der Waals surface area (Å²) in [5, 5.41) is 0.845. The average Bonchev–Trinajstić information content (AvgIpc) is 2.85. The van der Waals surface area contributed by atoms with Crippen LogP contribution in [-0.2, 0) is 42.6 Å². The van der Waals surface area contributed by atoms with E-state index in [-0.39, 0.29) is 0 Å². The van der Waals surface area contributed by atoms with Crippen molar-refractivity contribution in [3.05, 3.63) is 0 Å². The van der Waals surface area contributed by atoms with Gasteiger partial charge in [0.05, 0.1) is 112 Å². The second-order valence-corrected chi connectivity index (χ2v) is 8.05. The highest BCUT2D eigenvalue weighted by Gasteiger charge is 1.95. The van der Waals surface area contributed by atoms with E-state index in [1.165, 1.54) is 19.3 Å². The van der Waals surface area contributed by atoms with Crippen LogP contribution in [0.2, 0.25) is 0 Å². The molecule has 0 amide bonds. The van der Waals surface area contributed by atoms with Gasteiger partial charge in [0.25, 0.3) is 0 Å². The minimum Gasteiger partial charge on any atom is -0.379 e. The van der Waals surface area contributed by atoms with E-state index in [0.717, 1.165) is 18.4 Å². The molecule has 0 saturated carbocycles. The molecule has 0 saturated heterocycles. The normalized spacial score (nSPS) is 11.5. The van der Waals surface area contributed by atoms with Crippen LogP contribution in [0.15, 0.2) is 0 Å². The summed E-state index contributed by atoms with van der Waals surface area (Å²) in [6.45, 7) is 12.8. The van der Waals surface area contributed by atoms with E-state index in [1.54, 1.807) is 0 Å². The fourth-order valence-corrected chi connectivity index (χ4v) is 2.78. The Bertz CT molecular complexity index is 322. The Labute approximate surface area is 215 Å². The minimum atomic E-state index is 0.539. The summed E-state index contributed by atoms with van der Waals surface area (Å²) in [6.07, 6.45) is 4.92. The fourth-order valence-electron chi connectivity index (χ4n) is 2.55. The van der Waals surface area contributed by atoms with Gasteiger partial charge in [0, 0.05) is 11.9 Å². The van der Waals surface area contributed by atoms with Gasteiger partial charge in [-0.25, -0.2) is 0 Å². The number of halogens is 1. The molecule has 0 unspecified atom stereocenters. The molecule has 0 radical (unpaired) electrons. The van der Waals surface area contributed by atoms with E-state index >= 15 is 0 Å². The van der Waals surface area contributed by atoms with Gasteiger partial charge in [0.2, 0.25) is 0 Å². The lowest BCUT2D eigenvalue weighted by Crippen LogP contribution is -2.15. The van der Waals surface area contributed by atoms with E-state index in [9.17, 15) is 0 Å². The average molecular weight is 562 g/mol. The zero-order chi connectivity index (χ0) is 24.6. The summed E-state index contributed by atoms with van der Waals surface area (Å²) in [4.78, 5) is 0. The van der Waals surface area contributed by atoms with Crippen LogP contribution < -0.4 is 0 Å². The fraction of sp³-hybridized carbons (Fsp3) is 1.00. The maximum absolute atomic E-state index is 5.51. The van der Waals surface area contributed by atoms with Crippen molar-refractivity contribution >= 4 is 15.9 Å². The Kier molecular flexibility index (Phi) is 33.2. The Morgan fingerprint density at radius 2 is 0.588 bits per heavy atom. The molecule has 0 aliphatic heterocycles. The van der Waals surface area contributed by atoms with Crippen molar-refractivity contribution in [1.82, 2.24) is 0 Å². The Morgan fingerprint density at radius 1 is 0.324 bits per heavy atom. The molecule has 9 nitrogen and oxygen atoms in total. The van der Waals surface area contributed by atoms with Crippen LogP contribution in [0.25, 0.3) is 0 Å². The van der Waals surface area contributed by atoms with E-state index in [0.29, 0.717) is 112 Å². The third-order valence-electron chi connectivity index (χ3n) is 4.34. The molecule has 0 aromatic rings. The Morgan fingerprint density at radius 3 is 0.853 bits per heavy atom. The predicted molar refractivity (Wildman–Crippen MR) is 135 cm³/mol. The zero-order valence-electron chi connectivity index (χ0n) is 21.3. The van der Waals surface area contributed by atoms with Crippen molar-refractivity contribution in [3.8, 4) is 0 Å². The summed E-state index contributed by atoms with van der Waals surface area (Å²) in [6, 6.07) is 0. The summed E-state index contributed by atoms with van der Waals surface area (Å²) < 4.78 is 48.9. The van der Waals surface area contributed by atoms with Gasteiger partial charge in [0.15, 0.2) is 0 Å². The van der Waals surface area contributed by atoms with Gasteiger partial charge in [-0.2, -0.15) is 0 Å². The number of unbranched alkanes of at least 4 members (excludes halogenated alkanes) is 3. The van der Waals surface area contributed by atoms with Crippen LogP contribution >= 0.6 is 15.9 Å². The van der Waals surface area contributed by atoms with Crippen LogP contribution in [0.4, 0.5) is 0 Å². The highest BCUT2D eigenvalue weighted by atomic mass is 79.9. The van der Waals surface area contributed by atoms with Gasteiger partial charge in [-0.15, -0.1) is 0 Å². The molecule has 0 fully saturated rings. The predicted octanol–water partition coefficient (Wildman–Crippen LogP) is 3.11. The SMILES string of the molecule is CCCCCCOCCOCCOCCOCCOCCOCCOCCOCCOCCBr. The maximum atomic E-state index is 5.51. The Hall–Kier alpha value is 0.120. The third kappa shape index (κ3) is 32.1.